The zero-order chi connectivity index (χ0) is 19.3. The van der Waals surface area contributed by atoms with Crippen LogP contribution in [0.5, 0.6) is 0 Å². The van der Waals surface area contributed by atoms with E-state index in [0.717, 1.165) is 24.1 Å². The zero-order valence-corrected chi connectivity index (χ0v) is 15.3. The molecule has 1 N–H and O–H groups in total. The molecule has 1 aliphatic heterocycles. The molecule has 6 heteroatoms. The van der Waals surface area contributed by atoms with Crippen LogP contribution in [0.3, 0.4) is 0 Å². The van der Waals surface area contributed by atoms with Gasteiger partial charge in [0.25, 0.3) is 0 Å². The van der Waals surface area contributed by atoms with Crippen molar-refractivity contribution in [2.75, 3.05) is 16.8 Å². The molecule has 0 radical (unpaired) electrons. The maximum atomic E-state index is 14.7. The first kappa shape index (κ1) is 18.0. The number of carbonyl (C=O) groups is 1. The smallest absolute Gasteiger partial charge is 0.411 e. The van der Waals surface area contributed by atoms with Gasteiger partial charge in [0.2, 0.25) is 0 Å². The molecule has 0 spiro atoms. The summed E-state index contributed by atoms with van der Waals surface area (Å²) >= 11 is 0. The van der Waals surface area contributed by atoms with E-state index in [2.05, 4.69) is 10.3 Å². The number of aromatic nitrogens is 1. The topological polar surface area (TPSA) is 54.5 Å². The van der Waals surface area contributed by atoms with Crippen LogP contribution in [-0.2, 0) is 24.3 Å². The molecular formula is C22H20FN3O2. The van der Waals surface area contributed by atoms with E-state index in [1.54, 1.807) is 18.3 Å². The third-order valence-corrected chi connectivity index (χ3v) is 4.76. The lowest BCUT2D eigenvalue weighted by molar-refractivity contribution is 0.155. The molecule has 142 valence electrons. The predicted octanol–water partition coefficient (Wildman–Crippen LogP) is 4.53. The Morgan fingerprint density at radius 1 is 1.14 bits per heavy atom. The highest BCUT2D eigenvalue weighted by Gasteiger charge is 2.19. The van der Waals surface area contributed by atoms with Crippen molar-refractivity contribution in [3.8, 4) is 0 Å². The summed E-state index contributed by atoms with van der Waals surface area (Å²) in [5.74, 6) is -0.381. The minimum atomic E-state index is -0.617. The summed E-state index contributed by atoms with van der Waals surface area (Å²) in [5.41, 5.74) is 4.13. The second-order valence-corrected chi connectivity index (χ2v) is 6.67. The van der Waals surface area contributed by atoms with Crippen molar-refractivity contribution in [1.29, 1.82) is 0 Å². The first-order valence-corrected chi connectivity index (χ1v) is 9.13. The molecule has 0 fully saturated rings. The fourth-order valence-corrected chi connectivity index (χ4v) is 3.31. The first-order chi connectivity index (χ1) is 13.7. The number of amides is 1. The van der Waals surface area contributed by atoms with Gasteiger partial charge in [0.1, 0.15) is 12.4 Å². The zero-order valence-electron chi connectivity index (χ0n) is 15.3. The van der Waals surface area contributed by atoms with Crippen molar-refractivity contribution in [2.45, 2.75) is 19.6 Å². The molecule has 0 saturated carbocycles. The second kappa shape index (κ2) is 8.08. The SMILES string of the molecule is O=C(Nc1ccc(N2CCc3ccncc3C2)c(F)c1)OCc1ccccc1. The summed E-state index contributed by atoms with van der Waals surface area (Å²) in [6.07, 6.45) is 3.85. The van der Waals surface area contributed by atoms with Crippen molar-refractivity contribution in [1.82, 2.24) is 4.98 Å². The molecule has 1 amide bonds. The molecule has 0 atom stereocenters. The van der Waals surface area contributed by atoms with Gasteiger partial charge in [0.15, 0.2) is 0 Å². The number of rotatable bonds is 4. The molecule has 0 saturated heterocycles. The maximum absolute atomic E-state index is 14.7. The molecule has 5 nitrogen and oxygen atoms in total. The number of fused-ring (bicyclic) bond motifs is 1. The van der Waals surface area contributed by atoms with E-state index in [9.17, 15) is 9.18 Å². The van der Waals surface area contributed by atoms with Gasteiger partial charge in [-0.2, -0.15) is 0 Å². The third-order valence-electron chi connectivity index (χ3n) is 4.76. The van der Waals surface area contributed by atoms with Crippen LogP contribution in [0.2, 0.25) is 0 Å². The largest absolute Gasteiger partial charge is 0.444 e. The Bertz CT molecular complexity index is 979. The predicted molar refractivity (Wildman–Crippen MR) is 106 cm³/mol. The molecular weight excluding hydrogens is 357 g/mol. The van der Waals surface area contributed by atoms with Crippen molar-refractivity contribution in [3.63, 3.8) is 0 Å². The molecule has 1 aliphatic rings. The van der Waals surface area contributed by atoms with Crippen LogP contribution in [-0.4, -0.2) is 17.6 Å². The van der Waals surface area contributed by atoms with Crippen LogP contribution < -0.4 is 10.2 Å². The molecule has 0 unspecified atom stereocenters. The average molecular weight is 377 g/mol. The number of nitrogens with zero attached hydrogens (tertiary/aromatic N) is 2. The number of anilines is 2. The van der Waals surface area contributed by atoms with E-state index >= 15 is 0 Å². The Labute approximate surface area is 162 Å². The molecule has 2 heterocycles. The fraction of sp³-hybridized carbons (Fsp3) is 0.182. The molecule has 1 aromatic heterocycles. The Morgan fingerprint density at radius 3 is 2.82 bits per heavy atom. The van der Waals surface area contributed by atoms with Crippen LogP contribution in [0.25, 0.3) is 0 Å². The summed E-state index contributed by atoms with van der Waals surface area (Å²) < 4.78 is 19.8. The van der Waals surface area contributed by atoms with Gasteiger partial charge in [0, 0.05) is 31.2 Å². The lowest BCUT2D eigenvalue weighted by Crippen LogP contribution is -2.31. The molecule has 0 bridgehead atoms. The average Bonchev–Trinajstić information content (AvgIpc) is 2.73. The van der Waals surface area contributed by atoms with Crippen molar-refractivity contribution < 1.29 is 13.9 Å². The van der Waals surface area contributed by atoms with Crippen LogP contribution in [0.1, 0.15) is 16.7 Å². The van der Waals surface area contributed by atoms with Crippen molar-refractivity contribution in [3.05, 3.63) is 89.5 Å². The van der Waals surface area contributed by atoms with Crippen LogP contribution in [0, 0.1) is 5.82 Å². The van der Waals surface area contributed by atoms with Gasteiger partial charge >= 0.3 is 6.09 Å². The Kier molecular flexibility index (Phi) is 5.19. The van der Waals surface area contributed by atoms with E-state index < -0.39 is 6.09 Å². The lowest BCUT2D eigenvalue weighted by Gasteiger charge is -2.30. The highest BCUT2D eigenvalue weighted by atomic mass is 19.1. The number of carbonyl (C=O) groups excluding carboxylic acids is 1. The quantitative estimate of drug-likeness (QED) is 0.726. The standard InChI is InChI=1S/C22H20FN3O2/c23-20-12-19(25-22(27)28-15-16-4-2-1-3-5-16)6-7-21(20)26-11-9-17-8-10-24-13-18(17)14-26/h1-8,10,12-13H,9,11,14-15H2,(H,25,27). The molecule has 28 heavy (non-hydrogen) atoms. The number of nitrogens with one attached hydrogen (secondary N) is 1. The van der Waals surface area contributed by atoms with Gasteiger partial charge in [-0.1, -0.05) is 30.3 Å². The number of benzene rings is 2. The van der Waals surface area contributed by atoms with E-state index in [0.29, 0.717) is 17.9 Å². The summed E-state index contributed by atoms with van der Waals surface area (Å²) in [6.45, 7) is 1.51. The summed E-state index contributed by atoms with van der Waals surface area (Å²) in [5, 5.41) is 2.57. The number of pyridine rings is 1. The highest BCUT2D eigenvalue weighted by molar-refractivity contribution is 5.85. The van der Waals surface area contributed by atoms with Crippen LogP contribution >= 0.6 is 0 Å². The second-order valence-electron chi connectivity index (χ2n) is 6.67. The number of hydrogen-bond donors (Lipinski definition) is 1. The maximum Gasteiger partial charge on any atom is 0.411 e. The van der Waals surface area contributed by atoms with Gasteiger partial charge in [0.05, 0.1) is 5.69 Å². The van der Waals surface area contributed by atoms with Crippen molar-refractivity contribution >= 4 is 17.5 Å². The van der Waals surface area contributed by atoms with Crippen LogP contribution in [0.4, 0.5) is 20.6 Å². The van der Waals surface area contributed by atoms with Gasteiger partial charge in [-0.05, 0) is 47.4 Å². The van der Waals surface area contributed by atoms with Gasteiger partial charge in [-0.15, -0.1) is 0 Å². The van der Waals surface area contributed by atoms with E-state index in [1.165, 1.54) is 11.6 Å². The number of ether oxygens (including phenoxy) is 1. The van der Waals surface area contributed by atoms with E-state index in [-0.39, 0.29) is 12.4 Å². The minimum absolute atomic E-state index is 0.161. The molecule has 0 aliphatic carbocycles. The number of hydrogen-bond acceptors (Lipinski definition) is 4. The Balaban J connectivity index is 1.38. The van der Waals surface area contributed by atoms with Gasteiger partial charge in [-0.25, -0.2) is 9.18 Å². The summed E-state index contributed by atoms with van der Waals surface area (Å²) in [7, 11) is 0. The normalized spacial score (nSPS) is 13.0. The van der Waals surface area contributed by atoms with Gasteiger partial charge < -0.3 is 9.64 Å². The molecule has 4 rings (SSSR count). The minimum Gasteiger partial charge on any atom is -0.444 e. The summed E-state index contributed by atoms with van der Waals surface area (Å²) in [6, 6.07) is 16.1. The van der Waals surface area contributed by atoms with Crippen LogP contribution in [0.15, 0.2) is 67.0 Å². The van der Waals surface area contributed by atoms with Gasteiger partial charge in [-0.3, -0.25) is 10.3 Å². The highest BCUT2D eigenvalue weighted by Crippen LogP contribution is 2.28. The lowest BCUT2D eigenvalue weighted by atomic mass is 10.0. The van der Waals surface area contributed by atoms with E-state index in [1.807, 2.05) is 47.5 Å². The van der Waals surface area contributed by atoms with Crippen molar-refractivity contribution in [2.24, 2.45) is 0 Å². The number of halogens is 1. The monoisotopic (exact) mass is 377 g/mol. The fourth-order valence-electron chi connectivity index (χ4n) is 3.31. The summed E-state index contributed by atoms with van der Waals surface area (Å²) in [4.78, 5) is 18.1. The molecule has 2 aromatic carbocycles. The Hall–Kier alpha value is -3.41. The third kappa shape index (κ3) is 4.11. The molecule has 3 aromatic rings. The first-order valence-electron chi connectivity index (χ1n) is 9.13. The van der Waals surface area contributed by atoms with E-state index in [4.69, 9.17) is 4.74 Å². The Morgan fingerprint density at radius 2 is 2.00 bits per heavy atom.